The van der Waals surface area contributed by atoms with E-state index in [-0.39, 0.29) is 6.04 Å². The van der Waals surface area contributed by atoms with Crippen molar-refractivity contribution in [3.63, 3.8) is 0 Å². The van der Waals surface area contributed by atoms with Crippen LogP contribution in [0, 0.1) is 0 Å². The van der Waals surface area contributed by atoms with Gasteiger partial charge in [0.25, 0.3) is 0 Å². The third-order valence-electron chi connectivity index (χ3n) is 2.98. The Bertz CT molecular complexity index is 301. The Labute approximate surface area is 99.3 Å². The normalized spacial score (nSPS) is 26.1. The number of rotatable bonds is 5. The van der Waals surface area contributed by atoms with Gasteiger partial charge in [0.15, 0.2) is 9.84 Å². The molecule has 0 aromatic rings. The van der Waals surface area contributed by atoms with Crippen LogP contribution in [0.3, 0.4) is 0 Å². The Kier molecular flexibility index (Phi) is 5.21. The van der Waals surface area contributed by atoms with Crippen LogP contribution in [0.2, 0.25) is 0 Å². The van der Waals surface area contributed by atoms with Crippen molar-refractivity contribution >= 4 is 9.84 Å². The summed E-state index contributed by atoms with van der Waals surface area (Å²) in [6.45, 7) is 8.98. The summed E-state index contributed by atoms with van der Waals surface area (Å²) in [4.78, 5) is 2.28. The minimum Gasteiger partial charge on any atom is -0.314 e. The molecular weight excluding hydrogens is 224 g/mol. The van der Waals surface area contributed by atoms with Gasteiger partial charge in [-0.05, 0) is 26.4 Å². The highest BCUT2D eigenvalue weighted by Gasteiger charge is 2.27. The maximum absolute atomic E-state index is 11.4. The van der Waals surface area contributed by atoms with Crippen LogP contribution in [0.25, 0.3) is 0 Å². The molecule has 96 valence electrons. The Morgan fingerprint density at radius 3 is 2.69 bits per heavy atom. The van der Waals surface area contributed by atoms with Crippen molar-refractivity contribution in [1.82, 2.24) is 10.2 Å². The molecule has 1 heterocycles. The molecule has 1 unspecified atom stereocenters. The lowest BCUT2D eigenvalue weighted by Crippen LogP contribution is -2.47. The number of hydrogen-bond acceptors (Lipinski definition) is 4. The Morgan fingerprint density at radius 2 is 2.12 bits per heavy atom. The van der Waals surface area contributed by atoms with Crippen LogP contribution < -0.4 is 5.32 Å². The zero-order chi connectivity index (χ0) is 12.2. The fourth-order valence-corrected chi connectivity index (χ4v) is 3.66. The van der Waals surface area contributed by atoms with Crippen molar-refractivity contribution in [2.45, 2.75) is 39.3 Å². The third-order valence-corrected chi connectivity index (χ3v) is 4.78. The molecule has 0 saturated carbocycles. The molecule has 0 amide bonds. The van der Waals surface area contributed by atoms with Crippen molar-refractivity contribution in [2.24, 2.45) is 0 Å². The third kappa shape index (κ3) is 4.80. The molecule has 1 aliphatic rings. The largest absolute Gasteiger partial charge is 0.314 e. The molecule has 1 fully saturated rings. The first-order valence-electron chi connectivity index (χ1n) is 6.08. The summed E-state index contributed by atoms with van der Waals surface area (Å²) in [6, 6.07) is 0.706. The zero-order valence-corrected chi connectivity index (χ0v) is 11.4. The molecule has 0 aromatic carbocycles. The van der Waals surface area contributed by atoms with Gasteiger partial charge in [-0.25, -0.2) is 8.42 Å². The molecule has 1 atom stereocenters. The first kappa shape index (κ1) is 13.9. The molecule has 0 radical (unpaired) electrons. The average Bonchev–Trinajstić information content (AvgIpc) is 2.13. The second-order valence-corrected chi connectivity index (χ2v) is 7.19. The number of nitrogens with one attached hydrogen (secondary N) is 1. The topological polar surface area (TPSA) is 49.4 Å². The minimum atomic E-state index is -2.77. The quantitative estimate of drug-likeness (QED) is 0.720. The Hall–Kier alpha value is -0.130. The predicted molar refractivity (Wildman–Crippen MR) is 67.4 cm³/mol. The van der Waals surface area contributed by atoms with Crippen molar-refractivity contribution in [1.29, 1.82) is 0 Å². The van der Waals surface area contributed by atoms with E-state index < -0.39 is 9.84 Å². The van der Waals surface area contributed by atoms with E-state index >= 15 is 0 Å². The highest BCUT2D eigenvalue weighted by molar-refractivity contribution is 7.91. The van der Waals surface area contributed by atoms with Gasteiger partial charge in [0.2, 0.25) is 0 Å². The molecule has 1 rings (SSSR count). The molecule has 0 bridgehead atoms. The second kappa shape index (κ2) is 5.98. The van der Waals surface area contributed by atoms with Crippen LogP contribution in [0.1, 0.15) is 27.2 Å². The standard InChI is InChI=1S/C11H24N2O2S/c1-10(2)12-5-4-6-13-7-8-16(14,15)9-11(13)3/h10-12H,4-9H2,1-3H3. The number of nitrogens with zero attached hydrogens (tertiary/aromatic N) is 1. The summed E-state index contributed by atoms with van der Waals surface area (Å²) in [5, 5.41) is 3.37. The SMILES string of the molecule is CC(C)NCCCN1CCS(=O)(=O)CC1C. The van der Waals surface area contributed by atoms with Gasteiger partial charge in [0.05, 0.1) is 11.5 Å². The van der Waals surface area contributed by atoms with Gasteiger partial charge < -0.3 is 5.32 Å². The van der Waals surface area contributed by atoms with E-state index in [1.54, 1.807) is 0 Å². The van der Waals surface area contributed by atoms with Crippen LogP contribution in [-0.4, -0.2) is 56.5 Å². The van der Waals surface area contributed by atoms with Crippen LogP contribution in [0.5, 0.6) is 0 Å². The second-order valence-electron chi connectivity index (χ2n) is 4.96. The van der Waals surface area contributed by atoms with Gasteiger partial charge >= 0.3 is 0 Å². The highest BCUT2D eigenvalue weighted by atomic mass is 32.2. The van der Waals surface area contributed by atoms with Gasteiger partial charge in [-0.2, -0.15) is 0 Å². The van der Waals surface area contributed by atoms with Gasteiger partial charge in [-0.3, -0.25) is 4.90 Å². The van der Waals surface area contributed by atoms with Crippen LogP contribution >= 0.6 is 0 Å². The lowest BCUT2D eigenvalue weighted by Gasteiger charge is -2.33. The molecule has 1 aliphatic heterocycles. The van der Waals surface area contributed by atoms with E-state index in [1.807, 2.05) is 6.92 Å². The molecule has 5 heteroatoms. The van der Waals surface area contributed by atoms with Crippen molar-refractivity contribution in [2.75, 3.05) is 31.1 Å². The fourth-order valence-electron chi connectivity index (χ4n) is 2.04. The smallest absolute Gasteiger partial charge is 0.153 e. The first-order valence-corrected chi connectivity index (χ1v) is 7.91. The lowest BCUT2D eigenvalue weighted by atomic mass is 10.2. The van der Waals surface area contributed by atoms with Crippen molar-refractivity contribution in [3.8, 4) is 0 Å². The summed E-state index contributed by atoms with van der Waals surface area (Å²) in [6.07, 6.45) is 1.09. The molecule has 4 nitrogen and oxygen atoms in total. The van der Waals surface area contributed by atoms with E-state index in [1.165, 1.54) is 0 Å². The molecule has 0 aromatic heterocycles. The molecule has 1 saturated heterocycles. The Morgan fingerprint density at radius 1 is 1.44 bits per heavy atom. The maximum Gasteiger partial charge on any atom is 0.153 e. The van der Waals surface area contributed by atoms with Gasteiger partial charge in [0.1, 0.15) is 0 Å². The van der Waals surface area contributed by atoms with Crippen LogP contribution in [0.4, 0.5) is 0 Å². The predicted octanol–water partition coefficient (Wildman–Crippen LogP) is 0.493. The van der Waals surface area contributed by atoms with Crippen LogP contribution in [0.15, 0.2) is 0 Å². The molecular formula is C11H24N2O2S. The molecule has 16 heavy (non-hydrogen) atoms. The van der Waals surface area contributed by atoms with E-state index in [0.29, 0.717) is 24.1 Å². The van der Waals surface area contributed by atoms with Gasteiger partial charge in [-0.1, -0.05) is 13.8 Å². The van der Waals surface area contributed by atoms with E-state index in [4.69, 9.17) is 0 Å². The molecule has 1 N–H and O–H groups in total. The zero-order valence-electron chi connectivity index (χ0n) is 10.6. The van der Waals surface area contributed by atoms with E-state index in [2.05, 4.69) is 24.1 Å². The summed E-state index contributed by atoms with van der Waals surface area (Å²) in [5.74, 6) is 0.652. The lowest BCUT2D eigenvalue weighted by molar-refractivity contribution is 0.223. The van der Waals surface area contributed by atoms with Crippen molar-refractivity contribution < 1.29 is 8.42 Å². The highest BCUT2D eigenvalue weighted by Crippen LogP contribution is 2.11. The fraction of sp³-hybridized carbons (Fsp3) is 1.00. The first-order chi connectivity index (χ1) is 7.41. The summed E-state index contributed by atoms with van der Waals surface area (Å²) >= 11 is 0. The van der Waals surface area contributed by atoms with Crippen LogP contribution in [-0.2, 0) is 9.84 Å². The molecule has 0 spiro atoms. The summed E-state index contributed by atoms with van der Waals surface area (Å²) in [7, 11) is -2.77. The average molecular weight is 248 g/mol. The monoisotopic (exact) mass is 248 g/mol. The van der Waals surface area contributed by atoms with Gasteiger partial charge in [-0.15, -0.1) is 0 Å². The maximum atomic E-state index is 11.4. The number of hydrogen-bond donors (Lipinski definition) is 1. The van der Waals surface area contributed by atoms with E-state index in [9.17, 15) is 8.42 Å². The number of sulfone groups is 1. The molecule has 0 aliphatic carbocycles. The van der Waals surface area contributed by atoms with Crippen molar-refractivity contribution in [3.05, 3.63) is 0 Å². The van der Waals surface area contributed by atoms with Gasteiger partial charge in [0, 0.05) is 18.6 Å². The summed E-state index contributed by atoms with van der Waals surface area (Å²) < 4.78 is 22.8. The van der Waals surface area contributed by atoms with E-state index in [0.717, 1.165) is 19.5 Å². The Balaban J connectivity index is 2.23. The summed E-state index contributed by atoms with van der Waals surface area (Å²) in [5.41, 5.74) is 0. The minimum absolute atomic E-state index is 0.179.